The third kappa shape index (κ3) is 7.30. The standard InChI is InChI=1S/C21H35NO5S/c1-17(23)27-21(12-7-5-8-13-21)14-11-19-22(18(24)16-28-19)15-9-4-3-6-10-20(25)26-2/h19H,3-16H2,1-2H3. The number of carbonyl (C=O) groups excluding carboxylic acids is 3. The molecule has 0 radical (unpaired) electrons. The SMILES string of the molecule is COC(=O)CCCCCCN1C(=O)CSC1CCC1(OC(C)=O)CCCCC1. The summed E-state index contributed by atoms with van der Waals surface area (Å²) in [7, 11) is 1.41. The molecule has 28 heavy (non-hydrogen) atoms. The van der Waals surface area contributed by atoms with Crippen LogP contribution in [0.15, 0.2) is 0 Å². The average Bonchev–Trinajstić information content (AvgIpc) is 3.02. The summed E-state index contributed by atoms with van der Waals surface area (Å²) in [6, 6.07) is 0. The molecule has 0 bridgehead atoms. The van der Waals surface area contributed by atoms with Gasteiger partial charge in [-0.2, -0.15) is 0 Å². The maximum absolute atomic E-state index is 12.3. The van der Waals surface area contributed by atoms with E-state index in [-0.39, 0.29) is 28.8 Å². The Bertz CT molecular complexity index is 533. The van der Waals surface area contributed by atoms with Gasteiger partial charge in [0.05, 0.1) is 18.2 Å². The normalized spacial score (nSPS) is 21.6. The fraction of sp³-hybridized carbons (Fsp3) is 0.857. The van der Waals surface area contributed by atoms with Crippen LogP contribution in [-0.2, 0) is 23.9 Å². The Morgan fingerprint density at radius 2 is 1.86 bits per heavy atom. The van der Waals surface area contributed by atoms with Crippen molar-refractivity contribution in [3.63, 3.8) is 0 Å². The summed E-state index contributed by atoms with van der Waals surface area (Å²) < 4.78 is 10.4. The minimum absolute atomic E-state index is 0.157. The Kier molecular flexibility index (Phi) is 9.62. The molecule has 1 saturated heterocycles. The van der Waals surface area contributed by atoms with Crippen LogP contribution in [-0.4, -0.2) is 53.1 Å². The third-order valence-corrected chi connectivity index (χ3v) is 7.09. The van der Waals surface area contributed by atoms with Crippen LogP contribution in [0.3, 0.4) is 0 Å². The molecule has 0 N–H and O–H groups in total. The summed E-state index contributed by atoms with van der Waals surface area (Å²) >= 11 is 1.71. The first kappa shape index (κ1) is 23.0. The summed E-state index contributed by atoms with van der Waals surface area (Å²) in [5, 5.41) is 0.192. The molecule has 1 saturated carbocycles. The zero-order valence-electron chi connectivity index (χ0n) is 17.4. The molecule has 1 atom stereocenters. The molecule has 1 amide bonds. The quantitative estimate of drug-likeness (QED) is 0.376. The van der Waals surface area contributed by atoms with E-state index in [9.17, 15) is 14.4 Å². The van der Waals surface area contributed by atoms with Gasteiger partial charge in [0.2, 0.25) is 5.91 Å². The zero-order chi connectivity index (χ0) is 20.4. The van der Waals surface area contributed by atoms with Gasteiger partial charge in [-0.3, -0.25) is 14.4 Å². The minimum atomic E-state index is -0.324. The van der Waals surface area contributed by atoms with Gasteiger partial charge < -0.3 is 14.4 Å². The van der Waals surface area contributed by atoms with Crippen LogP contribution >= 0.6 is 11.8 Å². The first-order valence-corrected chi connectivity index (χ1v) is 11.7. The molecule has 0 aromatic rings. The molecule has 1 aliphatic carbocycles. The molecule has 2 rings (SSSR count). The highest BCUT2D eigenvalue weighted by Crippen LogP contribution is 2.39. The first-order valence-electron chi connectivity index (χ1n) is 10.6. The van der Waals surface area contributed by atoms with E-state index in [4.69, 9.17) is 4.74 Å². The molecular weight excluding hydrogens is 378 g/mol. The number of thioether (sulfide) groups is 1. The predicted octanol–water partition coefficient (Wildman–Crippen LogP) is 4.06. The number of hydrogen-bond acceptors (Lipinski definition) is 6. The number of ether oxygens (including phenoxy) is 2. The Morgan fingerprint density at radius 1 is 1.14 bits per heavy atom. The number of amides is 1. The first-order chi connectivity index (χ1) is 13.5. The van der Waals surface area contributed by atoms with Crippen LogP contribution in [0.4, 0.5) is 0 Å². The van der Waals surface area contributed by atoms with Gasteiger partial charge in [0.1, 0.15) is 5.60 Å². The van der Waals surface area contributed by atoms with Crippen molar-refractivity contribution in [2.75, 3.05) is 19.4 Å². The van der Waals surface area contributed by atoms with Crippen LogP contribution in [0, 0.1) is 0 Å². The van der Waals surface area contributed by atoms with Crippen LogP contribution in [0.5, 0.6) is 0 Å². The van der Waals surface area contributed by atoms with Crippen molar-refractivity contribution >= 4 is 29.6 Å². The molecule has 0 aromatic carbocycles. The smallest absolute Gasteiger partial charge is 0.305 e. The summed E-state index contributed by atoms with van der Waals surface area (Å²) in [5.74, 6) is 0.416. The molecule has 1 unspecified atom stereocenters. The fourth-order valence-electron chi connectivity index (χ4n) is 4.31. The fourth-order valence-corrected chi connectivity index (χ4v) is 5.49. The summed E-state index contributed by atoms with van der Waals surface area (Å²) in [6.45, 7) is 2.27. The van der Waals surface area contributed by atoms with Crippen molar-refractivity contribution in [2.45, 2.75) is 94.9 Å². The molecule has 1 heterocycles. The van der Waals surface area contributed by atoms with Crippen molar-refractivity contribution in [2.24, 2.45) is 0 Å². The number of hydrogen-bond donors (Lipinski definition) is 0. The number of rotatable bonds is 11. The molecular formula is C21H35NO5S. The van der Waals surface area contributed by atoms with Crippen LogP contribution < -0.4 is 0 Å². The maximum atomic E-state index is 12.3. The van der Waals surface area contributed by atoms with Gasteiger partial charge in [-0.1, -0.05) is 19.3 Å². The van der Waals surface area contributed by atoms with Gasteiger partial charge in [-0.05, 0) is 51.4 Å². The Balaban J connectivity index is 1.76. The third-order valence-electron chi connectivity index (χ3n) is 5.80. The molecule has 0 spiro atoms. The number of unbranched alkanes of at least 4 members (excludes halogenated alkanes) is 3. The van der Waals surface area contributed by atoms with Gasteiger partial charge in [0.15, 0.2) is 0 Å². The number of nitrogens with zero attached hydrogens (tertiary/aromatic N) is 1. The van der Waals surface area contributed by atoms with Crippen LogP contribution in [0.2, 0.25) is 0 Å². The van der Waals surface area contributed by atoms with E-state index in [2.05, 4.69) is 4.74 Å². The Labute approximate surface area is 173 Å². The van der Waals surface area contributed by atoms with Crippen molar-refractivity contribution < 1.29 is 23.9 Å². The van der Waals surface area contributed by atoms with Crippen molar-refractivity contribution in [1.29, 1.82) is 0 Å². The van der Waals surface area contributed by atoms with E-state index in [0.29, 0.717) is 12.2 Å². The van der Waals surface area contributed by atoms with E-state index < -0.39 is 0 Å². The summed E-state index contributed by atoms with van der Waals surface area (Å²) in [6.07, 6.45) is 11.3. The topological polar surface area (TPSA) is 72.9 Å². The maximum Gasteiger partial charge on any atom is 0.305 e. The van der Waals surface area contributed by atoms with Gasteiger partial charge in [-0.25, -0.2) is 0 Å². The molecule has 0 aromatic heterocycles. The molecule has 2 fully saturated rings. The van der Waals surface area contributed by atoms with Crippen molar-refractivity contribution in [3.8, 4) is 0 Å². The number of methoxy groups -OCH3 is 1. The zero-order valence-corrected chi connectivity index (χ0v) is 18.2. The van der Waals surface area contributed by atoms with E-state index in [0.717, 1.165) is 70.8 Å². The lowest BCUT2D eigenvalue weighted by Crippen LogP contribution is -2.39. The van der Waals surface area contributed by atoms with Crippen LogP contribution in [0.25, 0.3) is 0 Å². The highest BCUT2D eigenvalue weighted by atomic mass is 32.2. The molecule has 1 aliphatic heterocycles. The van der Waals surface area contributed by atoms with Gasteiger partial charge in [0.25, 0.3) is 0 Å². The van der Waals surface area contributed by atoms with Gasteiger partial charge >= 0.3 is 11.9 Å². The van der Waals surface area contributed by atoms with Gasteiger partial charge in [-0.15, -0.1) is 11.8 Å². The van der Waals surface area contributed by atoms with E-state index in [1.165, 1.54) is 20.5 Å². The Morgan fingerprint density at radius 3 is 2.54 bits per heavy atom. The lowest BCUT2D eigenvalue weighted by molar-refractivity contribution is -0.162. The van der Waals surface area contributed by atoms with E-state index >= 15 is 0 Å². The molecule has 6 nitrogen and oxygen atoms in total. The largest absolute Gasteiger partial charge is 0.469 e. The lowest BCUT2D eigenvalue weighted by Gasteiger charge is -2.38. The molecule has 7 heteroatoms. The summed E-state index contributed by atoms with van der Waals surface area (Å²) in [5.41, 5.74) is -0.324. The second-order valence-electron chi connectivity index (χ2n) is 7.97. The Hall–Kier alpha value is -1.24. The monoisotopic (exact) mass is 413 g/mol. The van der Waals surface area contributed by atoms with E-state index in [1.807, 2.05) is 4.90 Å². The van der Waals surface area contributed by atoms with E-state index in [1.54, 1.807) is 11.8 Å². The molecule has 2 aliphatic rings. The average molecular weight is 414 g/mol. The predicted molar refractivity (Wildman–Crippen MR) is 110 cm³/mol. The second kappa shape index (κ2) is 11.7. The van der Waals surface area contributed by atoms with Gasteiger partial charge in [0, 0.05) is 19.9 Å². The van der Waals surface area contributed by atoms with Crippen LogP contribution in [0.1, 0.15) is 84.0 Å². The molecule has 160 valence electrons. The number of esters is 2. The summed E-state index contributed by atoms with van der Waals surface area (Å²) in [4.78, 5) is 37.0. The van der Waals surface area contributed by atoms with Crippen molar-refractivity contribution in [3.05, 3.63) is 0 Å². The minimum Gasteiger partial charge on any atom is -0.469 e. The number of carbonyl (C=O) groups is 3. The second-order valence-corrected chi connectivity index (χ2v) is 9.14. The lowest BCUT2D eigenvalue weighted by atomic mass is 9.81. The highest BCUT2D eigenvalue weighted by Gasteiger charge is 2.38. The van der Waals surface area contributed by atoms with Crippen molar-refractivity contribution in [1.82, 2.24) is 4.90 Å². The highest BCUT2D eigenvalue weighted by molar-refractivity contribution is 8.00.